The smallest absolute Gasteiger partial charge is 0.226 e. The molecule has 3 aromatic rings. The topological polar surface area (TPSA) is 32.5 Å². The molecule has 6 heteroatoms. The summed E-state index contributed by atoms with van der Waals surface area (Å²) in [5, 5.41) is 0.661. The second-order valence-electron chi connectivity index (χ2n) is 6.75. The van der Waals surface area contributed by atoms with Crippen molar-refractivity contribution in [1.82, 2.24) is 9.88 Å². The number of anilines is 1. The summed E-state index contributed by atoms with van der Waals surface area (Å²) in [7, 11) is 0. The van der Waals surface area contributed by atoms with Crippen molar-refractivity contribution in [2.75, 3.05) is 31.1 Å². The van der Waals surface area contributed by atoms with Crippen molar-refractivity contribution in [3.05, 3.63) is 70.8 Å². The van der Waals surface area contributed by atoms with Crippen LogP contribution in [-0.2, 0) is 6.54 Å². The molecule has 0 spiro atoms. The average molecular weight is 386 g/mol. The van der Waals surface area contributed by atoms with E-state index in [9.17, 15) is 4.39 Å². The van der Waals surface area contributed by atoms with Crippen LogP contribution in [0.4, 0.5) is 10.1 Å². The maximum absolute atomic E-state index is 14.0. The van der Waals surface area contributed by atoms with Gasteiger partial charge >= 0.3 is 0 Å². The minimum absolute atomic E-state index is 0.163. The number of halogens is 2. The number of rotatable bonds is 4. The van der Waals surface area contributed by atoms with Gasteiger partial charge in [0, 0.05) is 43.3 Å². The number of hydrogen-bond acceptors (Lipinski definition) is 4. The van der Waals surface area contributed by atoms with Crippen LogP contribution in [0.3, 0.4) is 0 Å². The summed E-state index contributed by atoms with van der Waals surface area (Å²) in [6, 6.07) is 14.5. The summed E-state index contributed by atoms with van der Waals surface area (Å²) in [6.45, 7) is 5.95. The van der Waals surface area contributed by atoms with E-state index in [2.05, 4.69) is 14.8 Å². The van der Waals surface area contributed by atoms with Crippen molar-refractivity contribution < 1.29 is 8.81 Å². The van der Waals surface area contributed by atoms with Gasteiger partial charge < -0.3 is 9.32 Å². The van der Waals surface area contributed by atoms with Crippen molar-refractivity contribution >= 4 is 17.3 Å². The van der Waals surface area contributed by atoms with Crippen LogP contribution in [0.5, 0.6) is 0 Å². The van der Waals surface area contributed by atoms with Crippen LogP contribution in [0.15, 0.2) is 52.9 Å². The van der Waals surface area contributed by atoms with Gasteiger partial charge in [0.25, 0.3) is 0 Å². The Morgan fingerprint density at radius 1 is 1.07 bits per heavy atom. The van der Waals surface area contributed by atoms with E-state index in [1.165, 1.54) is 6.07 Å². The first-order chi connectivity index (χ1) is 13.1. The summed E-state index contributed by atoms with van der Waals surface area (Å²) in [5.74, 6) is 1.25. The molecule has 0 bridgehead atoms. The third-order valence-corrected chi connectivity index (χ3v) is 5.14. The van der Waals surface area contributed by atoms with E-state index >= 15 is 0 Å². The number of aryl methyl sites for hydroxylation is 1. The van der Waals surface area contributed by atoms with Crippen LogP contribution in [0.1, 0.15) is 11.5 Å². The molecular weight excluding hydrogens is 365 g/mol. The third kappa shape index (κ3) is 3.99. The summed E-state index contributed by atoms with van der Waals surface area (Å²) in [5.41, 5.74) is 2.49. The molecule has 140 valence electrons. The molecule has 27 heavy (non-hydrogen) atoms. The highest BCUT2D eigenvalue weighted by Gasteiger charge is 2.21. The number of aromatic nitrogens is 1. The quantitative estimate of drug-likeness (QED) is 0.648. The number of oxazole rings is 1. The molecule has 0 atom stereocenters. The van der Waals surface area contributed by atoms with Gasteiger partial charge in [-0.25, -0.2) is 9.37 Å². The zero-order valence-electron chi connectivity index (χ0n) is 15.2. The zero-order chi connectivity index (χ0) is 18.8. The van der Waals surface area contributed by atoms with Crippen molar-refractivity contribution in [2.24, 2.45) is 0 Å². The maximum atomic E-state index is 14.0. The first kappa shape index (κ1) is 18.0. The lowest BCUT2D eigenvalue weighted by atomic mass is 10.2. The molecule has 2 heterocycles. The predicted molar refractivity (Wildman–Crippen MR) is 106 cm³/mol. The van der Waals surface area contributed by atoms with Gasteiger partial charge in [0.05, 0.1) is 11.4 Å². The van der Waals surface area contributed by atoms with E-state index in [-0.39, 0.29) is 5.82 Å². The molecule has 0 N–H and O–H groups in total. The number of piperazine rings is 1. The molecular formula is C21H21ClFN3O. The van der Waals surface area contributed by atoms with Crippen molar-refractivity contribution in [2.45, 2.75) is 13.5 Å². The predicted octanol–water partition coefficient (Wildman–Crippen LogP) is 4.76. The highest BCUT2D eigenvalue weighted by atomic mass is 35.5. The monoisotopic (exact) mass is 385 g/mol. The van der Waals surface area contributed by atoms with E-state index < -0.39 is 0 Å². The Balaban J connectivity index is 1.42. The SMILES string of the molecule is Cc1oc(-c2cccc(Cl)c2)nc1CN1CCN(c2ccccc2F)CC1. The summed E-state index contributed by atoms with van der Waals surface area (Å²) in [4.78, 5) is 9.09. The van der Waals surface area contributed by atoms with Crippen molar-refractivity contribution in [3.8, 4) is 11.5 Å². The van der Waals surface area contributed by atoms with E-state index in [0.29, 0.717) is 16.6 Å². The van der Waals surface area contributed by atoms with Gasteiger partial charge in [-0.3, -0.25) is 4.90 Å². The second-order valence-corrected chi connectivity index (χ2v) is 7.18. The van der Waals surface area contributed by atoms with Gasteiger partial charge in [-0.2, -0.15) is 0 Å². The first-order valence-electron chi connectivity index (χ1n) is 9.04. The van der Waals surface area contributed by atoms with Crippen LogP contribution < -0.4 is 4.90 Å². The molecule has 4 rings (SSSR count). The first-order valence-corrected chi connectivity index (χ1v) is 9.42. The second kappa shape index (κ2) is 7.71. The van der Waals surface area contributed by atoms with Gasteiger partial charge in [0.2, 0.25) is 5.89 Å². The molecule has 1 aliphatic heterocycles. The Morgan fingerprint density at radius 2 is 1.85 bits per heavy atom. The van der Waals surface area contributed by atoms with Gasteiger partial charge in [-0.1, -0.05) is 29.8 Å². The van der Waals surface area contributed by atoms with E-state index in [4.69, 9.17) is 16.0 Å². The average Bonchev–Trinajstić information content (AvgIpc) is 3.04. The highest BCUT2D eigenvalue weighted by molar-refractivity contribution is 6.30. The van der Waals surface area contributed by atoms with Crippen LogP contribution in [0, 0.1) is 12.7 Å². The van der Waals surface area contributed by atoms with E-state index in [1.807, 2.05) is 43.3 Å². The standard InChI is InChI=1S/C21H21ClFN3O/c1-15-19(24-21(27-15)16-5-4-6-17(22)13-16)14-25-9-11-26(12-10-25)20-8-3-2-7-18(20)23/h2-8,13H,9-12,14H2,1H3. The number of para-hydroxylation sites is 1. The fraction of sp³-hybridized carbons (Fsp3) is 0.286. The Morgan fingerprint density at radius 3 is 2.59 bits per heavy atom. The Hall–Kier alpha value is -2.37. The van der Waals surface area contributed by atoms with Crippen molar-refractivity contribution in [1.29, 1.82) is 0 Å². The lowest BCUT2D eigenvalue weighted by molar-refractivity contribution is 0.245. The van der Waals surface area contributed by atoms with Crippen LogP contribution in [0.2, 0.25) is 5.02 Å². The van der Waals surface area contributed by atoms with Gasteiger partial charge in [-0.15, -0.1) is 0 Å². The minimum Gasteiger partial charge on any atom is -0.441 e. The third-order valence-electron chi connectivity index (χ3n) is 4.90. The Labute approximate surface area is 163 Å². The fourth-order valence-electron chi connectivity index (χ4n) is 3.39. The number of benzene rings is 2. The zero-order valence-corrected chi connectivity index (χ0v) is 15.9. The van der Waals surface area contributed by atoms with Gasteiger partial charge in [0.1, 0.15) is 11.6 Å². The molecule has 0 saturated carbocycles. The summed E-state index contributed by atoms with van der Waals surface area (Å²) < 4.78 is 19.8. The maximum Gasteiger partial charge on any atom is 0.226 e. The number of nitrogens with zero attached hydrogens (tertiary/aromatic N) is 3. The minimum atomic E-state index is -0.163. The van der Waals surface area contributed by atoms with Gasteiger partial charge in [0.15, 0.2) is 0 Å². The lowest BCUT2D eigenvalue weighted by Crippen LogP contribution is -2.46. The molecule has 1 aliphatic rings. The van der Waals surface area contributed by atoms with Crippen LogP contribution in [-0.4, -0.2) is 36.1 Å². The largest absolute Gasteiger partial charge is 0.441 e. The molecule has 1 saturated heterocycles. The fourth-order valence-corrected chi connectivity index (χ4v) is 3.58. The molecule has 0 amide bonds. The van der Waals surface area contributed by atoms with E-state index in [0.717, 1.165) is 49.7 Å². The molecule has 1 aromatic heterocycles. The van der Waals surface area contributed by atoms with Crippen LogP contribution >= 0.6 is 11.6 Å². The normalized spacial score (nSPS) is 15.3. The number of hydrogen-bond donors (Lipinski definition) is 0. The Kier molecular flexibility index (Phi) is 5.14. The molecule has 0 unspecified atom stereocenters. The molecule has 1 fully saturated rings. The highest BCUT2D eigenvalue weighted by Crippen LogP contribution is 2.26. The molecule has 2 aromatic carbocycles. The molecule has 0 aliphatic carbocycles. The van der Waals surface area contributed by atoms with Gasteiger partial charge in [-0.05, 0) is 37.3 Å². The van der Waals surface area contributed by atoms with Crippen LogP contribution in [0.25, 0.3) is 11.5 Å². The Bertz CT molecular complexity index is 935. The summed E-state index contributed by atoms with van der Waals surface area (Å²) in [6.07, 6.45) is 0. The van der Waals surface area contributed by atoms with Crippen molar-refractivity contribution in [3.63, 3.8) is 0 Å². The molecule has 4 nitrogen and oxygen atoms in total. The van der Waals surface area contributed by atoms with E-state index in [1.54, 1.807) is 6.07 Å². The lowest BCUT2D eigenvalue weighted by Gasteiger charge is -2.35. The molecule has 0 radical (unpaired) electrons. The summed E-state index contributed by atoms with van der Waals surface area (Å²) >= 11 is 6.06.